The van der Waals surface area contributed by atoms with E-state index in [0.717, 1.165) is 10.9 Å². The summed E-state index contributed by atoms with van der Waals surface area (Å²) in [6.45, 7) is 0. The highest BCUT2D eigenvalue weighted by Gasteiger charge is 2.32. The molecule has 114 valence electrons. The first-order valence-corrected chi connectivity index (χ1v) is 7.32. The highest BCUT2D eigenvalue weighted by atomic mass is 32.1. The third kappa shape index (κ3) is 3.14. The predicted molar refractivity (Wildman–Crippen MR) is 80.0 cm³/mol. The van der Waals surface area contributed by atoms with Crippen molar-refractivity contribution in [1.82, 2.24) is 4.98 Å². The van der Waals surface area contributed by atoms with Gasteiger partial charge in [0.1, 0.15) is 5.69 Å². The van der Waals surface area contributed by atoms with E-state index in [0.29, 0.717) is 16.6 Å². The largest absolute Gasteiger partial charge is 0.431 e. The van der Waals surface area contributed by atoms with Gasteiger partial charge in [0.2, 0.25) is 5.91 Å². The Kier molecular flexibility index (Phi) is 3.66. The normalized spacial score (nSPS) is 11.8. The number of carbonyl (C=O) groups excluding carboxylic acids is 1. The van der Waals surface area contributed by atoms with E-state index >= 15 is 0 Å². The number of aromatic amines is 1. The molecule has 7 heteroatoms. The zero-order valence-electron chi connectivity index (χ0n) is 11.2. The maximum absolute atomic E-state index is 12.6. The van der Waals surface area contributed by atoms with Gasteiger partial charge in [0, 0.05) is 21.5 Å². The van der Waals surface area contributed by atoms with Crippen molar-refractivity contribution in [2.75, 3.05) is 5.32 Å². The first-order valence-electron chi connectivity index (χ1n) is 6.44. The van der Waals surface area contributed by atoms with Crippen LogP contribution in [0.3, 0.4) is 0 Å². The van der Waals surface area contributed by atoms with Crippen LogP contribution < -0.4 is 5.32 Å². The Hall–Kier alpha value is -2.28. The van der Waals surface area contributed by atoms with E-state index in [-0.39, 0.29) is 12.3 Å². The van der Waals surface area contributed by atoms with Crippen molar-refractivity contribution in [3.63, 3.8) is 0 Å². The molecule has 3 rings (SSSR count). The highest BCUT2D eigenvalue weighted by molar-refractivity contribution is 7.10. The number of halogens is 3. The lowest BCUT2D eigenvalue weighted by Gasteiger charge is -2.04. The van der Waals surface area contributed by atoms with Gasteiger partial charge in [0.25, 0.3) is 0 Å². The van der Waals surface area contributed by atoms with Gasteiger partial charge in [0.15, 0.2) is 0 Å². The molecule has 3 nitrogen and oxygen atoms in total. The average molecular weight is 324 g/mol. The van der Waals surface area contributed by atoms with E-state index in [4.69, 9.17) is 0 Å². The Balaban J connectivity index is 1.78. The first kappa shape index (κ1) is 14.6. The summed E-state index contributed by atoms with van der Waals surface area (Å²) in [4.78, 5) is 15.1. The van der Waals surface area contributed by atoms with Crippen molar-refractivity contribution in [3.8, 4) is 0 Å². The van der Waals surface area contributed by atoms with Crippen LogP contribution in [-0.2, 0) is 17.4 Å². The zero-order chi connectivity index (χ0) is 15.7. The molecule has 22 heavy (non-hydrogen) atoms. The van der Waals surface area contributed by atoms with Gasteiger partial charge in [-0.2, -0.15) is 13.2 Å². The summed E-state index contributed by atoms with van der Waals surface area (Å²) in [7, 11) is 0. The Bertz CT molecular complexity index is 806. The lowest BCUT2D eigenvalue weighted by atomic mass is 10.2. The van der Waals surface area contributed by atoms with Crippen molar-refractivity contribution >= 4 is 33.8 Å². The van der Waals surface area contributed by atoms with Crippen molar-refractivity contribution in [3.05, 3.63) is 52.3 Å². The number of rotatable bonds is 3. The quantitative estimate of drug-likeness (QED) is 0.735. The second-order valence-corrected chi connectivity index (χ2v) is 5.82. The molecule has 0 spiro atoms. The fraction of sp³-hybridized carbons (Fsp3) is 0.133. The lowest BCUT2D eigenvalue weighted by molar-refractivity contribution is -0.140. The number of alkyl halides is 3. The number of carbonyl (C=O) groups is 1. The first-order chi connectivity index (χ1) is 10.4. The minimum absolute atomic E-state index is 0.201. The monoisotopic (exact) mass is 324 g/mol. The standard InChI is InChI=1S/C15H11F3N2OS/c16-15(17,18)13-7-9-6-10(3-4-12(9)20-13)19-14(21)8-11-2-1-5-22-11/h1-7,20H,8H2,(H,19,21). The van der Waals surface area contributed by atoms with E-state index in [1.807, 2.05) is 17.5 Å². The number of nitrogens with one attached hydrogen (secondary N) is 2. The summed E-state index contributed by atoms with van der Waals surface area (Å²) in [6, 6.07) is 9.36. The predicted octanol–water partition coefficient (Wildman–Crippen LogP) is 4.43. The van der Waals surface area contributed by atoms with E-state index in [9.17, 15) is 18.0 Å². The van der Waals surface area contributed by atoms with Crippen LogP contribution in [0.4, 0.5) is 18.9 Å². The Morgan fingerprint density at radius 1 is 1.23 bits per heavy atom. The maximum atomic E-state index is 12.6. The fourth-order valence-electron chi connectivity index (χ4n) is 2.14. The minimum atomic E-state index is -4.42. The van der Waals surface area contributed by atoms with Gasteiger partial charge in [-0.3, -0.25) is 4.79 Å². The van der Waals surface area contributed by atoms with E-state index in [2.05, 4.69) is 10.3 Å². The van der Waals surface area contributed by atoms with E-state index in [1.165, 1.54) is 23.5 Å². The molecule has 0 bridgehead atoms. The maximum Gasteiger partial charge on any atom is 0.431 e. The van der Waals surface area contributed by atoms with Gasteiger partial charge in [-0.05, 0) is 35.7 Å². The van der Waals surface area contributed by atoms with Gasteiger partial charge in [0.05, 0.1) is 6.42 Å². The molecule has 0 fully saturated rings. The molecule has 2 heterocycles. The van der Waals surface area contributed by atoms with Crippen molar-refractivity contribution in [2.45, 2.75) is 12.6 Å². The zero-order valence-corrected chi connectivity index (χ0v) is 12.0. The minimum Gasteiger partial charge on any atom is -0.351 e. The summed E-state index contributed by atoms with van der Waals surface area (Å²) in [5.74, 6) is -0.201. The molecule has 2 aromatic heterocycles. The van der Waals surface area contributed by atoms with Crippen LogP contribution >= 0.6 is 11.3 Å². The Labute approximate surface area is 127 Å². The van der Waals surface area contributed by atoms with Gasteiger partial charge in [-0.25, -0.2) is 0 Å². The fourth-order valence-corrected chi connectivity index (χ4v) is 2.84. The molecular formula is C15H11F3N2OS. The molecule has 1 amide bonds. The number of hydrogen-bond acceptors (Lipinski definition) is 2. The third-order valence-corrected chi connectivity index (χ3v) is 4.00. The number of benzene rings is 1. The van der Waals surface area contributed by atoms with Gasteiger partial charge in [-0.15, -0.1) is 11.3 Å². The number of thiophene rings is 1. The molecule has 0 atom stereocenters. The Morgan fingerprint density at radius 2 is 2.05 bits per heavy atom. The van der Waals surface area contributed by atoms with Crippen molar-refractivity contribution < 1.29 is 18.0 Å². The lowest BCUT2D eigenvalue weighted by Crippen LogP contribution is -2.13. The third-order valence-electron chi connectivity index (χ3n) is 3.12. The highest BCUT2D eigenvalue weighted by Crippen LogP contribution is 2.31. The molecule has 0 saturated heterocycles. The van der Waals surface area contributed by atoms with Crippen LogP contribution in [-0.4, -0.2) is 10.9 Å². The number of H-pyrrole nitrogens is 1. The summed E-state index contributed by atoms with van der Waals surface area (Å²) >= 11 is 1.48. The molecule has 0 saturated carbocycles. The van der Waals surface area contributed by atoms with Gasteiger partial charge in [-0.1, -0.05) is 6.07 Å². The summed E-state index contributed by atoms with van der Waals surface area (Å²) in [5.41, 5.74) is 0.0509. The topological polar surface area (TPSA) is 44.9 Å². The number of fused-ring (bicyclic) bond motifs is 1. The van der Waals surface area contributed by atoms with Crippen LogP contribution in [0.15, 0.2) is 41.8 Å². The number of hydrogen-bond donors (Lipinski definition) is 2. The molecule has 3 aromatic rings. The molecule has 1 aromatic carbocycles. The SMILES string of the molecule is O=C(Cc1cccs1)Nc1ccc2[nH]c(C(F)(F)F)cc2c1. The molecule has 0 aliphatic carbocycles. The average Bonchev–Trinajstić information content (AvgIpc) is 3.06. The van der Waals surface area contributed by atoms with Crippen LogP contribution in [0.5, 0.6) is 0 Å². The second-order valence-electron chi connectivity index (χ2n) is 4.79. The summed E-state index contributed by atoms with van der Waals surface area (Å²) in [6.07, 6.45) is -4.17. The van der Waals surface area contributed by atoms with Crippen molar-refractivity contribution in [1.29, 1.82) is 0 Å². The number of amides is 1. The smallest absolute Gasteiger partial charge is 0.351 e. The van der Waals surface area contributed by atoms with Crippen LogP contribution in [0.25, 0.3) is 10.9 Å². The van der Waals surface area contributed by atoms with Crippen molar-refractivity contribution in [2.24, 2.45) is 0 Å². The summed E-state index contributed by atoms with van der Waals surface area (Å²) in [5, 5.41) is 4.98. The van der Waals surface area contributed by atoms with Gasteiger partial charge < -0.3 is 10.3 Å². The van der Waals surface area contributed by atoms with Crippen LogP contribution in [0.2, 0.25) is 0 Å². The molecule has 0 radical (unpaired) electrons. The second kappa shape index (κ2) is 5.49. The van der Waals surface area contributed by atoms with E-state index in [1.54, 1.807) is 6.07 Å². The number of aromatic nitrogens is 1. The van der Waals surface area contributed by atoms with E-state index < -0.39 is 11.9 Å². The molecule has 0 aliphatic rings. The van der Waals surface area contributed by atoms with Crippen LogP contribution in [0.1, 0.15) is 10.6 Å². The molecular weight excluding hydrogens is 313 g/mol. The summed E-state index contributed by atoms with van der Waals surface area (Å²) < 4.78 is 37.9. The molecule has 0 unspecified atom stereocenters. The van der Waals surface area contributed by atoms with Crippen LogP contribution in [0, 0.1) is 0 Å². The number of anilines is 1. The molecule has 2 N–H and O–H groups in total. The Morgan fingerprint density at radius 3 is 2.73 bits per heavy atom. The van der Waals surface area contributed by atoms with Gasteiger partial charge >= 0.3 is 6.18 Å². The molecule has 0 aliphatic heterocycles.